The third kappa shape index (κ3) is 1.54. The van der Waals surface area contributed by atoms with Crippen LogP contribution in [-0.2, 0) is 19.0 Å². The van der Waals surface area contributed by atoms with Crippen LogP contribution in [0.25, 0.3) is 0 Å². The average molecular weight is 188 g/mol. The fourth-order valence-electron chi connectivity index (χ4n) is 1.76. The summed E-state index contributed by atoms with van der Waals surface area (Å²) in [6.45, 7) is 1.91. The number of fused-ring (bicyclic) bond motifs is 1. The zero-order valence-electron chi connectivity index (χ0n) is 7.30. The normalized spacial score (nSPS) is 43.2. The van der Waals surface area contributed by atoms with Crippen LogP contribution in [-0.4, -0.2) is 48.7 Å². The molecule has 5 heteroatoms. The largest absolute Gasteiger partial charge is 0.457 e. The molecule has 13 heavy (non-hydrogen) atoms. The number of aliphatic hydroxyl groups is 1. The van der Waals surface area contributed by atoms with Crippen molar-refractivity contribution in [3.05, 3.63) is 0 Å². The zero-order chi connectivity index (χ0) is 9.42. The molecule has 2 heterocycles. The van der Waals surface area contributed by atoms with Gasteiger partial charge in [0.05, 0.1) is 13.2 Å². The Morgan fingerprint density at radius 1 is 1.38 bits per heavy atom. The second kappa shape index (κ2) is 3.25. The highest BCUT2D eigenvalue weighted by Crippen LogP contribution is 2.28. The van der Waals surface area contributed by atoms with Crippen molar-refractivity contribution in [1.82, 2.24) is 0 Å². The summed E-state index contributed by atoms with van der Waals surface area (Å²) in [4.78, 5) is 10.7. The van der Waals surface area contributed by atoms with E-state index in [1.807, 2.05) is 0 Å². The standard InChI is InChI=1S/C8H12O5/c1-4(9)13-6-3-12-7-5(10)2-11-8(6)7/h5-8,10H,2-3H2,1H3/t5-,6-,7+,8+/m0/s1. The van der Waals surface area contributed by atoms with Crippen LogP contribution < -0.4 is 0 Å². The molecule has 0 aromatic carbocycles. The number of aliphatic hydroxyl groups excluding tert-OH is 1. The second-order valence-corrected chi connectivity index (χ2v) is 3.31. The molecule has 2 aliphatic rings. The van der Waals surface area contributed by atoms with Gasteiger partial charge in [0.2, 0.25) is 0 Å². The van der Waals surface area contributed by atoms with Gasteiger partial charge in [0.25, 0.3) is 0 Å². The maximum Gasteiger partial charge on any atom is 0.303 e. The van der Waals surface area contributed by atoms with Crippen molar-refractivity contribution in [2.45, 2.75) is 31.3 Å². The molecule has 0 aromatic rings. The predicted octanol–water partition coefficient (Wildman–Crippen LogP) is -0.923. The second-order valence-electron chi connectivity index (χ2n) is 3.31. The Labute approximate surface area is 75.6 Å². The van der Waals surface area contributed by atoms with Gasteiger partial charge in [-0.25, -0.2) is 0 Å². The maximum absolute atomic E-state index is 10.7. The highest BCUT2D eigenvalue weighted by molar-refractivity contribution is 5.66. The minimum Gasteiger partial charge on any atom is -0.457 e. The van der Waals surface area contributed by atoms with E-state index in [-0.39, 0.29) is 30.9 Å². The first-order valence-corrected chi connectivity index (χ1v) is 4.27. The van der Waals surface area contributed by atoms with Crippen LogP contribution in [0.3, 0.4) is 0 Å². The SMILES string of the molecule is CC(=O)O[C@H]1CO[C@H]2[C@@H]1OC[C@@H]2O. The van der Waals surface area contributed by atoms with Gasteiger partial charge in [-0.1, -0.05) is 0 Å². The molecule has 0 bridgehead atoms. The summed E-state index contributed by atoms with van der Waals surface area (Å²) in [5.41, 5.74) is 0. The molecule has 2 aliphatic heterocycles. The minimum absolute atomic E-state index is 0.257. The van der Waals surface area contributed by atoms with E-state index in [9.17, 15) is 9.90 Å². The number of carbonyl (C=O) groups excluding carboxylic acids is 1. The van der Waals surface area contributed by atoms with E-state index in [1.54, 1.807) is 0 Å². The molecule has 2 saturated heterocycles. The Morgan fingerprint density at radius 2 is 2.08 bits per heavy atom. The number of carbonyl (C=O) groups is 1. The van der Waals surface area contributed by atoms with Gasteiger partial charge in [0.1, 0.15) is 18.3 Å². The van der Waals surface area contributed by atoms with Crippen LogP contribution in [0, 0.1) is 0 Å². The number of ether oxygens (including phenoxy) is 3. The molecule has 0 aromatic heterocycles. The molecule has 0 saturated carbocycles. The third-order valence-corrected chi connectivity index (χ3v) is 2.30. The highest BCUT2D eigenvalue weighted by atomic mass is 16.6. The number of hydrogen-bond donors (Lipinski definition) is 1. The van der Waals surface area contributed by atoms with E-state index >= 15 is 0 Å². The van der Waals surface area contributed by atoms with Crippen LogP contribution in [0.15, 0.2) is 0 Å². The summed E-state index contributed by atoms with van der Waals surface area (Å²) in [5, 5.41) is 9.36. The summed E-state index contributed by atoms with van der Waals surface area (Å²) in [6.07, 6.45) is -1.58. The lowest BCUT2D eigenvalue weighted by Crippen LogP contribution is -2.33. The van der Waals surface area contributed by atoms with Crippen molar-refractivity contribution in [3.8, 4) is 0 Å². The predicted molar refractivity (Wildman–Crippen MR) is 41.0 cm³/mol. The van der Waals surface area contributed by atoms with Crippen LogP contribution in [0.5, 0.6) is 0 Å². The quantitative estimate of drug-likeness (QED) is 0.539. The zero-order valence-corrected chi connectivity index (χ0v) is 7.30. The van der Waals surface area contributed by atoms with Gasteiger partial charge in [-0.3, -0.25) is 4.79 Å². The smallest absolute Gasteiger partial charge is 0.303 e. The van der Waals surface area contributed by atoms with Gasteiger partial charge in [-0.15, -0.1) is 0 Å². The lowest BCUT2D eigenvalue weighted by molar-refractivity contribution is -0.151. The fraction of sp³-hybridized carbons (Fsp3) is 0.875. The Balaban J connectivity index is 1.98. The molecule has 0 aliphatic carbocycles. The molecular weight excluding hydrogens is 176 g/mol. The van der Waals surface area contributed by atoms with Crippen LogP contribution >= 0.6 is 0 Å². The topological polar surface area (TPSA) is 65.0 Å². The number of rotatable bonds is 1. The monoisotopic (exact) mass is 188 g/mol. The van der Waals surface area contributed by atoms with E-state index in [0.29, 0.717) is 6.61 Å². The van der Waals surface area contributed by atoms with E-state index < -0.39 is 6.10 Å². The first-order chi connectivity index (χ1) is 6.18. The Morgan fingerprint density at radius 3 is 2.77 bits per heavy atom. The molecule has 4 atom stereocenters. The Kier molecular flexibility index (Phi) is 2.23. The van der Waals surface area contributed by atoms with Crippen LogP contribution in [0.4, 0.5) is 0 Å². The van der Waals surface area contributed by atoms with Gasteiger partial charge in [0, 0.05) is 6.92 Å². The number of esters is 1. The summed E-state index contributed by atoms with van der Waals surface area (Å²) in [5.74, 6) is -0.348. The van der Waals surface area contributed by atoms with Crippen LogP contribution in [0.1, 0.15) is 6.92 Å². The van der Waals surface area contributed by atoms with Crippen molar-refractivity contribution >= 4 is 5.97 Å². The van der Waals surface area contributed by atoms with Gasteiger partial charge >= 0.3 is 5.97 Å². The molecule has 1 N–H and O–H groups in total. The van der Waals surface area contributed by atoms with Crippen molar-refractivity contribution < 1.29 is 24.1 Å². The van der Waals surface area contributed by atoms with Crippen LogP contribution in [0.2, 0.25) is 0 Å². The molecule has 0 radical (unpaired) electrons. The van der Waals surface area contributed by atoms with Crippen molar-refractivity contribution in [1.29, 1.82) is 0 Å². The highest BCUT2D eigenvalue weighted by Gasteiger charge is 2.48. The lowest BCUT2D eigenvalue weighted by Gasteiger charge is -2.14. The van der Waals surface area contributed by atoms with Crippen molar-refractivity contribution in [3.63, 3.8) is 0 Å². The Bertz CT molecular complexity index is 217. The average Bonchev–Trinajstić information content (AvgIpc) is 2.56. The molecular formula is C8H12O5. The molecule has 0 amide bonds. The summed E-state index contributed by atoms with van der Waals surface area (Å²) in [7, 11) is 0. The van der Waals surface area contributed by atoms with Gasteiger partial charge in [-0.2, -0.15) is 0 Å². The molecule has 0 spiro atoms. The molecule has 2 fully saturated rings. The summed E-state index contributed by atoms with van der Waals surface area (Å²) < 4.78 is 15.5. The molecule has 0 unspecified atom stereocenters. The van der Waals surface area contributed by atoms with E-state index in [0.717, 1.165) is 0 Å². The van der Waals surface area contributed by atoms with Gasteiger partial charge < -0.3 is 19.3 Å². The van der Waals surface area contributed by atoms with E-state index in [1.165, 1.54) is 6.92 Å². The van der Waals surface area contributed by atoms with Crippen molar-refractivity contribution in [2.75, 3.05) is 13.2 Å². The van der Waals surface area contributed by atoms with Gasteiger partial charge in [-0.05, 0) is 0 Å². The van der Waals surface area contributed by atoms with Gasteiger partial charge in [0.15, 0.2) is 6.10 Å². The van der Waals surface area contributed by atoms with Crippen molar-refractivity contribution in [2.24, 2.45) is 0 Å². The van der Waals surface area contributed by atoms with E-state index in [4.69, 9.17) is 14.2 Å². The first-order valence-electron chi connectivity index (χ1n) is 4.27. The Hall–Kier alpha value is -0.650. The van der Waals surface area contributed by atoms with E-state index in [2.05, 4.69) is 0 Å². The maximum atomic E-state index is 10.7. The summed E-state index contributed by atoms with van der Waals surface area (Å²) >= 11 is 0. The molecule has 2 rings (SSSR count). The first kappa shape index (κ1) is 8.93. The summed E-state index contributed by atoms with van der Waals surface area (Å²) in [6, 6.07) is 0. The molecule has 74 valence electrons. The number of hydrogen-bond acceptors (Lipinski definition) is 5. The fourth-order valence-corrected chi connectivity index (χ4v) is 1.76. The third-order valence-electron chi connectivity index (χ3n) is 2.30. The lowest BCUT2D eigenvalue weighted by atomic mass is 10.1. The molecule has 5 nitrogen and oxygen atoms in total. The minimum atomic E-state index is -0.592.